The van der Waals surface area contributed by atoms with Crippen LogP contribution in [0.3, 0.4) is 0 Å². The predicted octanol–water partition coefficient (Wildman–Crippen LogP) is 7.33. The molecule has 0 spiro atoms. The molecule has 3 aromatic carbocycles. The number of thiophene rings is 1. The molecule has 0 saturated carbocycles. The van der Waals surface area contributed by atoms with Gasteiger partial charge in [0.1, 0.15) is 18.1 Å². The summed E-state index contributed by atoms with van der Waals surface area (Å²) in [6, 6.07) is 19.5. The van der Waals surface area contributed by atoms with E-state index in [0.717, 1.165) is 58.8 Å². The van der Waals surface area contributed by atoms with E-state index < -0.39 is 0 Å². The summed E-state index contributed by atoms with van der Waals surface area (Å²) < 4.78 is 12.2. The average Bonchev–Trinajstić information content (AvgIpc) is 3.37. The SMILES string of the molecule is CCCCOC(=O)c1ccc2c(C(=O)c3ccc(OCCN4CCCCC4)cc3)c(-c3ccc(O)cc3)sc2c1. The van der Waals surface area contributed by atoms with Gasteiger partial charge in [0.2, 0.25) is 0 Å². The topological polar surface area (TPSA) is 76.1 Å². The fraction of sp³-hybridized carbons (Fsp3) is 0.333. The van der Waals surface area contributed by atoms with Crippen molar-refractivity contribution in [1.82, 2.24) is 4.90 Å². The van der Waals surface area contributed by atoms with Crippen LogP contribution < -0.4 is 4.74 Å². The van der Waals surface area contributed by atoms with Crippen molar-refractivity contribution in [2.75, 3.05) is 32.8 Å². The molecule has 5 rings (SSSR count). The van der Waals surface area contributed by atoms with Gasteiger partial charge in [-0.3, -0.25) is 9.69 Å². The Morgan fingerprint density at radius 1 is 0.900 bits per heavy atom. The van der Waals surface area contributed by atoms with E-state index in [-0.39, 0.29) is 17.5 Å². The van der Waals surface area contributed by atoms with Crippen LogP contribution in [0.1, 0.15) is 65.3 Å². The maximum atomic E-state index is 13.9. The number of benzene rings is 3. The highest BCUT2D eigenvalue weighted by molar-refractivity contribution is 7.22. The number of carbonyl (C=O) groups excluding carboxylic acids is 2. The third kappa shape index (κ3) is 6.54. The number of esters is 1. The Morgan fingerprint density at radius 3 is 2.35 bits per heavy atom. The number of nitrogens with zero attached hydrogens (tertiary/aromatic N) is 1. The molecular formula is C33H35NO5S. The van der Waals surface area contributed by atoms with Crippen molar-refractivity contribution >= 4 is 33.2 Å². The van der Waals surface area contributed by atoms with Gasteiger partial charge in [0.25, 0.3) is 0 Å². The first-order chi connectivity index (χ1) is 19.5. The predicted molar refractivity (Wildman–Crippen MR) is 160 cm³/mol. The Balaban J connectivity index is 1.40. The summed E-state index contributed by atoms with van der Waals surface area (Å²) in [6.45, 7) is 6.24. The number of phenols is 1. The molecule has 7 heteroatoms. The van der Waals surface area contributed by atoms with E-state index in [9.17, 15) is 14.7 Å². The van der Waals surface area contributed by atoms with Crippen LogP contribution in [0.4, 0.5) is 0 Å². The maximum absolute atomic E-state index is 13.9. The molecule has 0 bridgehead atoms. The van der Waals surface area contributed by atoms with Gasteiger partial charge in [0.05, 0.1) is 12.2 Å². The molecule has 4 aromatic rings. The van der Waals surface area contributed by atoms with E-state index in [2.05, 4.69) is 4.90 Å². The molecule has 1 N–H and O–H groups in total. The molecule has 0 unspecified atom stereocenters. The lowest BCUT2D eigenvalue weighted by atomic mass is 9.97. The number of hydrogen-bond acceptors (Lipinski definition) is 7. The fourth-order valence-electron chi connectivity index (χ4n) is 4.98. The number of likely N-dealkylation sites (tertiary alicyclic amines) is 1. The third-order valence-electron chi connectivity index (χ3n) is 7.25. The second-order valence-electron chi connectivity index (χ2n) is 10.2. The van der Waals surface area contributed by atoms with E-state index in [1.54, 1.807) is 36.4 Å². The normalized spacial score (nSPS) is 13.8. The summed E-state index contributed by atoms with van der Waals surface area (Å²) in [6.07, 6.45) is 5.59. The number of ketones is 1. The summed E-state index contributed by atoms with van der Waals surface area (Å²) in [7, 11) is 0. The summed E-state index contributed by atoms with van der Waals surface area (Å²) in [5.74, 6) is 0.436. The van der Waals surface area contributed by atoms with Crippen molar-refractivity contribution in [3.05, 3.63) is 83.4 Å². The quantitative estimate of drug-likeness (QED) is 0.118. The summed E-state index contributed by atoms with van der Waals surface area (Å²) in [4.78, 5) is 29.7. The van der Waals surface area contributed by atoms with Gasteiger partial charge in [0.15, 0.2) is 5.78 Å². The highest BCUT2D eigenvalue weighted by atomic mass is 32.1. The Bertz CT molecular complexity index is 1450. The van der Waals surface area contributed by atoms with E-state index in [4.69, 9.17) is 9.47 Å². The van der Waals surface area contributed by atoms with Crippen molar-refractivity contribution in [2.45, 2.75) is 39.0 Å². The fourth-order valence-corrected chi connectivity index (χ4v) is 6.22. The largest absolute Gasteiger partial charge is 0.508 e. The lowest BCUT2D eigenvalue weighted by molar-refractivity contribution is 0.0500. The van der Waals surface area contributed by atoms with Crippen LogP contribution in [0.2, 0.25) is 0 Å². The molecule has 40 heavy (non-hydrogen) atoms. The van der Waals surface area contributed by atoms with Crippen LogP contribution in [-0.2, 0) is 4.74 Å². The Morgan fingerprint density at radius 2 is 1.62 bits per heavy atom. The molecule has 2 heterocycles. The Hall–Kier alpha value is -3.68. The molecule has 6 nitrogen and oxygen atoms in total. The molecule has 1 saturated heterocycles. The number of aromatic hydroxyl groups is 1. The minimum Gasteiger partial charge on any atom is -0.508 e. The van der Waals surface area contributed by atoms with Crippen molar-refractivity contribution in [3.8, 4) is 21.9 Å². The second-order valence-corrected chi connectivity index (χ2v) is 11.2. The van der Waals surface area contributed by atoms with Gasteiger partial charge in [-0.1, -0.05) is 25.8 Å². The van der Waals surface area contributed by atoms with Crippen molar-refractivity contribution in [3.63, 3.8) is 0 Å². The summed E-state index contributed by atoms with van der Waals surface area (Å²) in [5, 5.41) is 10.6. The van der Waals surface area contributed by atoms with Gasteiger partial charge in [-0.15, -0.1) is 11.3 Å². The number of phenolic OH excluding ortho intramolecular Hbond substituents is 1. The van der Waals surface area contributed by atoms with Gasteiger partial charge in [-0.2, -0.15) is 0 Å². The van der Waals surface area contributed by atoms with Gasteiger partial charge in [-0.05, 0) is 98.6 Å². The number of unbranched alkanes of at least 4 members (excludes halogenated alkanes) is 1. The average molecular weight is 558 g/mol. The monoisotopic (exact) mass is 557 g/mol. The molecule has 0 amide bonds. The first-order valence-electron chi connectivity index (χ1n) is 14.1. The molecular weight excluding hydrogens is 522 g/mol. The second kappa shape index (κ2) is 13.1. The number of fused-ring (bicyclic) bond motifs is 1. The van der Waals surface area contributed by atoms with E-state index in [1.807, 2.05) is 37.3 Å². The standard InChI is InChI=1S/C33H35NO5S/c1-2-3-20-39-33(37)25-11-16-28-29(22-25)40-32(24-7-12-26(35)13-8-24)30(28)31(36)23-9-14-27(15-10-23)38-21-19-34-17-5-4-6-18-34/h7-16,22,35H,2-6,17-21H2,1H3. The minimum atomic E-state index is -0.362. The third-order valence-corrected chi connectivity index (χ3v) is 8.46. The Labute approximate surface area is 239 Å². The zero-order chi connectivity index (χ0) is 27.9. The maximum Gasteiger partial charge on any atom is 0.338 e. The van der Waals surface area contributed by atoms with Crippen LogP contribution >= 0.6 is 11.3 Å². The van der Waals surface area contributed by atoms with Gasteiger partial charge < -0.3 is 14.6 Å². The van der Waals surface area contributed by atoms with Crippen molar-refractivity contribution in [1.29, 1.82) is 0 Å². The van der Waals surface area contributed by atoms with Crippen LogP contribution in [0.5, 0.6) is 11.5 Å². The number of hydrogen-bond donors (Lipinski definition) is 1. The first-order valence-corrected chi connectivity index (χ1v) is 14.9. The molecule has 1 fully saturated rings. The van der Waals surface area contributed by atoms with E-state index in [1.165, 1.54) is 30.6 Å². The summed E-state index contributed by atoms with van der Waals surface area (Å²) in [5.41, 5.74) is 2.43. The molecule has 0 aliphatic carbocycles. The number of carbonyl (C=O) groups is 2. The minimum absolute atomic E-state index is 0.104. The lowest BCUT2D eigenvalue weighted by Gasteiger charge is -2.26. The number of rotatable bonds is 11. The van der Waals surface area contributed by atoms with Crippen LogP contribution in [0, 0.1) is 0 Å². The Kier molecular flexibility index (Phi) is 9.14. The molecule has 1 aromatic heterocycles. The molecule has 0 atom stereocenters. The molecule has 1 aliphatic rings. The zero-order valence-electron chi connectivity index (χ0n) is 22.9. The van der Waals surface area contributed by atoms with Crippen LogP contribution in [0.15, 0.2) is 66.7 Å². The van der Waals surface area contributed by atoms with E-state index >= 15 is 0 Å². The van der Waals surface area contributed by atoms with Crippen LogP contribution in [-0.4, -0.2) is 54.6 Å². The zero-order valence-corrected chi connectivity index (χ0v) is 23.7. The van der Waals surface area contributed by atoms with Crippen molar-refractivity contribution in [2.24, 2.45) is 0 Å². The summed E-state index contributed by atoms with van der Waals surface area (Å²) >= 11 is 1.45. The molecule has 208 valence electrons. The van der Waals surface area contributed by atoms with E-state index in [0.29, 0.717) is 29.9 Å². The highest BCUT2D eigenvalue weighted by Crippen LogP contribution is 2.41. The van der Waals surface area contributed by atoms with Crippen LogP contribution in [0.25, 0.3) is 20.5 Å². The van der Waals surface area contributed by atoms with Gasteiger partial charge in [-0.25, -0.2) is 4.79 Å². The number of ether oxygens (including phenoxy) is 2. The first kappa shape index (κ1) is 27.9. The molecule has 1 aliphatic heterocycles. The van der Waals surface area contributed by atoms with Gasteiger partial charge in [0, 0.05) is 32.6 Å². The van der Waals surface area contributed by atoms with Gasteiger partial charge >= 0.3 is 5.97 Å². The lowest BCUT2D eigenvalue weighted by Crippen LogP contribution is -2.33. The van der Waals surface area contributed by atoms with Crippen molar-refractivity contribution < 1.29 is 24.2 Å². The smallest absolute Gasteiger partial charge is 0.338 e. The molecule has 0 radical (unpaired) electrons. The highest BCUT2D eigenvalue weighted by Gasteiger charge is 2.23. The number of piperidine rings is 1.